The number of carbonyl (C=O) groups excluding carboxylic acids is 3. The van der Waals surface area contributed by atoms with Gasteiger partial charge in [-0.25, -0.2) is 4.79 Å². The van der Waals surface area contributed by atoms with Gasteiger partial charge in [0, 0.05) is 22.9 Å². The first-order valence-electron chi connectivity index (χ1n) is 12.1. The van der Waals surface area contributed by atoms with Crippen molar-refractivity contribution in [1.29, 1.82) is 0 Å². The Morgan fingerprint density at radius 1 is 1.03 bits per heavy atom. The number of hydrogen-bond acceptors (Lipinski definition) is 6. The Labute approximate surface area is 196 Å². The highest BCUT2D eigenvalue weighted by Crippen LogP contribution is 2.46. The Bertz CT molecular complexity index is 973. The second kappa shape index (κ2) is 10.8. The topological polar surface area (TPSA) is 81.7 Å². The third-order valence-corrected chi connectivity index (χ3v) is 6.43. The molecular weight excluding hydrogens is 418 g/mol. The summed E-state index contributed by atoms with van der Waals surface area (Å²) in [5.41, 5.74) is 4.57. The zero-order valence-corrected chi connectivity index (χ0v) is 20.3. The van der Waals surface area contributed by atoms with Crippen molar-refractivity contribution in [2.45, 2.75) is 66.2 Å². The summed E-state index contributed by atoms with van der Waals surface area (Å²) in [6.07, 6.45) is 2.93. The Hall–Kier alpha value is -2.89. The third-order valence-electron chi connectivity index (χ3n) is 6.43. The van der Waals surface area contributed by atoms with Crippen molar-refractivity contribution < 1.29 is 23.9 Å². The van der Waals surface area contributed by atoms with Crippen molar-refractivity contribution >= 4 is 17.7 Å². The highest BCUT2D eigenvalue weighted by molar-refractivity contribution is 6.12. The van der Waals surface area contributed by atoms with Crippen molar-refractivity contribution in [3.63, 3.8) is 0 Å². The van der Waals surface area contributed by atoms with Crippen LogP contribution >= 0.6 is 0 Å². The summed E-state index contributed by atoms with van der Waals surface area (Å²) in [5, 5.41) is 3.41. The minimum atomic E-state index is -0.876. The molecular formula is C27H35NO5. The molecule has 1 aliphatic carbocycles. The first-order valence-corrected chi connectivity index (χ1v) is 12.1. The average Bonchev–Trinajstić information content (AvgIpc) is 2.78. The smallest absolute Gasteiger partial charge is 0.336 e. The molecule has 178 valence electrons. The first-order chi connectivity index (χ1) is 15.9. The second-order valence-electron chi connectivity index (χ2n) is 8.68. The molecule has 0 bridgehead atoms. The fourth-order valence-corrected chi connectivity index (χ4v) is 4.87. The van der Waals surface area contributed by atoms with Crippen molar-refractivity contribution in [2.75, 3.05) is 13.2 Å². The predicted octanol–water partition coefficient (Wildman–Crippen LogP) is 4.60. The van der Waals surface area contributed by atoms with E-state index in [4.69, 9.17) is 9.47 Å². The van der Waals surface area contributed by atoms with Crippen molar-refractivity contribution in [3.8, 4) is 0 Å². The summed E-state index contributed by atoms with van der Waals surface area (Å²) in [7, 11) is 0. The first kappa shape index (κ1) is 24.7. The molecule has 3 rings (SSSR count). The highest BCUT2D eigenvalue weighted by atomic mass is 16.5. The molecule has 1 aromatic carbocycles. The van der Waals surface area contributed by atoms with Gasteiger partial charge in [-0.15, -0.1) is 0 Å². The third kappa shape index (κ3) is 4.90. The van der Waals surface area contributed by atoms with Gasteiger partial charge in [0.25, 0.3) is 0 Å². The molecule has 3 atom stereocenters. The lowest BCUT2D eigenvalue weighted by Gasteiger charge is -2.39. The van der Waals surface area contributed by atoms with E-state index in [1.165, 1.54) is 5.56 Å². The van der Waals surface area contributed by atoms with Crippen LogP contribution in [0, 0.1) is 11.8 Å². The summed E-state index contributed by atoms with van der Waals surface area (Å²) in [6, 6.07) is 8.01. The number of allylic oxidation sites excluding steroid dienone is 3. The fraction of sp³-hybridized carbons (Fsp3) is 0.519. The number of rotatable bonds is 8. The molecule has 0 radical (unpaired) electrons. The molecule has 2 aliphatic rings. The molecule has 6 heteroatoms. The van der Waals surface area contributed by atoms with Gasteiger partial charge in [-0.05, 0) is 50.2 Å². The van der Waals surface area contributed by atoms with E-state index in [0.717, 1.165) is 29.8 Å². The Kier molecular flexibility index (Phi) is 8.11. The normalized spacial score (nSPS) is 22.6. The molecule has 0 fully saturated rings. The number of benzene rings is 1. The molecule has 33 heavy (non-hydrogen) atoms. The van der Waals surface area contributed by atoms with Gasteiger partial charge in [-0.1, -0.05) is 51.5 Å². The summed E-state index contributed by atoms with van der Waals surface area (Å²) in [5.74, 6) is -2.84. The Morgan fingerprint density at radius 3 is 2.27 bits per heavy atom. The van der Waals surface area contributed by atoms with Gasteiger partial charge in [-0.2, -0.15) is 0 Å². The number of dihydropyridines is 1. The van der Waals surface area contributed by atoms with Gasteiger partial charge < -0.3 is 14.8 Å². The highest BCUT2D eigenvalue weighted by Gasteiger charge is 2.47. The second-order valence-corrected chi connectivity index (χ2v) is 8.68. The number of carbonyl (C=O) groups is 3. The van der Waals surface area contributed by atoms with E-state index in [-0.39, 0.29) is 24.9 Å². The van der Waals surface area contributed by atoms with Crippen LogP contribution in [0.2, 0.25) is 0 Å². The molecule has 0 aromatic heterocycles. The van der Waals surface area contributed by atoms with Crippen molar-refractivity contribution in [3.05, 3.63) is 57.9 Å². The minimum absolute atomic E-state index is 0.196. The van der Waals surface area contributed by atoms with Gasteiger partial charge in [0.2, 0.25) is 0 Å². The lowest BCUT2D eigenvalue weighted by atomic mass is 9.68. The predicted molar refractivity (Wildman–Crippen MR) is 126 cm³/mol. The number of esters is 2. The van der Waals surface area contributed by atoms with Gasteiger partial charge >= 0.3 is 11.9 Å². The number of nitrogens with one attached hydrogen (secondary N) is 1. The van der Waals surface area contributed by atoms with E-state index < -0.39 is 23.8 Å². The minimum Gasteiger partial charge on any atom is -0.465 e. The molecule has 1 aliphatic heterocycles. The van der Waals surface area contributed by atoms with E-state index in [1.54, 1.807) is 13.8 Å². The lowest BCUT2D eigenvalue weighted by Crippen LogP contribution is -2.43. The van der Waals surface area contributed by atoms with E-state index >= 15 is 0 Å². The number of Topliss-reactive ketones (excluding diaryl/α,β-unsaturated/α-hetero) is 1. The van der Waals surface area contributed by atoms with Crippen LogP contribution in [0.3, 0.4) is 0 Å². The number of hydrogen-bond donors (Lipinski definition) is 1. The van der Waals surface area contributed by atoms with Crippen LogP contribution in [0.4, 0.5) is 0 Å². The maximum atomic E-state index is 13.8. The van der Waals surface area contributed by atoms with Gasteiger partial charge in [0.05, 0.1) is 18.8 Å². The van der Waals surface area contributed by atoms with Crippen LogP contribution in [-0.4, -0.2) is 30.9 Å². The van der Waals surface area contributed by atoms with E-state index in [2.05, 4.69) is 19.2 Å². The standard InChI is InChI=1S/C27H35NO5/c1-6-10-19-24(27(31)33-9-4)22(18-13-11-17(7-2)12-14-18)23-20(28-19)15-16(5)21(25(23)29)26(30)32-8-3/h11-14,16,21-22,28H,6-10,15H2,1-5H3. The molecule has 1 aromatic rings. The maximum absolute atomic E-state index is 13.8. The van der Waals surface area contributed by atoms with E-state index in [1.807, 2.05) is 31.2 Å². The molecule has 0 saturated carbocycles. The number of ether oxygens (including phenoxy) is 2. The molecule has 0 spiro atoms. The average molecular weight is 454 g/mol. The summed E-state index contributed by atoms with van der Waals surface area (Å²) in [4.78, 5) is 39.7. The van der Waals surface area contributed by atoms with Crippen LogP contribution in [0.5, 0.6) is 0 Å². The van der Waals surface area contributed by atoms with Gasteiger partial charge in [0.1, 0.15) is 5.92 Å². The quantitative estimate of drug-likeness (QED) is 0.458. The van der Waals surface area contributed by atoms with Crippen LogP contribution in [0.1, 0.15) is 70.9 Å². The van der Waals surface area contributed by atoms with Crippen LogP contribution in [0.25, 0.3) is 0 Å². The van der Waals surface area contributed by atoms with Crippen LogP contribution in [-0.2, 0) is 30.3 Å². The molecule has 0 saturated heterocycles. The lowest BCUT2D eigenvalue weighted by molar-refractivity contribution is -0.153. The number of aryl methyl sites for hydroxylation is 1. The number of ketones is 1. The van der Waals surface area contributed by atoms with E-state index in [0.29, 0.717) is 24.0 Å². The molecule has 0 amide bonds. The molecule has 1 heterocycles. The zero-order valence-electron chi connectivity index (χ0n) is 20.3. The Balaban J connectivity index is 2.19. The maximum Gasteiger partial charge on any atom is 0.336 e. The summed E-state index contributed by atoms with van der Waals surface area (Å²) < 4.78 is 10.7. The fourth-order valence-electron chi connectivity index (χ4n) is 4.87. The van der Waals surface area contributed by atoms with Crippen LogP contribution < -0.4 is 5.32 Å². The van der Waals surface area contributed by atoms with Crippen molar-refractivity contribution in [2.24, 2.45) is 11.8 Å². The largest absolute Gasteiger partial charge is 0.465 e. The summed E-state index contributed by atoms with van der Waals surface area (Å²) in [6.45, 7) is 10.0. The Morgan fingerprint density at radius 2 is 1.70 bits per heavy atom. The van der Waals surface area contributed by atoms with Crippen LogP contribution in [0.15, 0.2) is 46.8 Å². The van der Waals surface area contributed by atoms with E-state index in [9.17, 15) is 14.4 Å². The summed E-state index contributed by atoms with van der Waals surface area (Å²) >= 11 is 0. The molecule has 6 nitrogen and oxygen atoms in total. The SMILES string of the molecule is CCCC1=C(C(=O)OCC)C(c2ccc(CC)cc2)C2=C(CC(C)C(C(=O)OCC)C2=O)N1. The van der Waals surface area contributed by atoms with Gasteiger partial charge in [-0.3, -0.25) is 9.59 Å². The van der Waals surface area contributed by atoms with Gasteiger partial charge in [0.15, 0.2) is 5.78 Å². The molecule has 3 unspecified atom stereocenters. The molecule has 1 N–H and O–H groups in total. The monoisotopic (exact) mass is 453 g/mol. The zero-order chi connectivity index (χ0) is 24.1. The van der Waals surface area contributed by atoms with Crippen molar-refractivity contribution in [1.82, 2.24) is 5.32 Å².